The molecule has 0 spiro atoms. The van der Waals surface area contributed by atoms with Gasteiger partial charge in [0.05, 0.1) is 13.1 Å². The quantitative estimate of drug-likeness (QED) is 0.760. The van der Waals surface area contributed by atoms with Crippen molar-refractivity contribution in [2.75, 3.05) is 19.6 Å². The van der Waals surface area contributed by atoms with Gasteiger partial charge in [0.1, 0.15) is 0 Å². The number of hydrogen-bond acceptors (Lipinski definition) is 2. The summed E-state index contributed by atoms with van der Waals surface area (Å²) in [4.78, 5) is 25.7. The lowest BCUT2D eigenvalue weighted by Gasteiger charge is -2.30. The van der Waals surface area contributed by atoms with Crippen LogP contribution in [0.2, 0.25) is 0 Å². The summed E-state index contributed by atoms with van der Waals surface area (Å²) in [5.74, 6) is 0.104. The van der Waals surface area contributed by atoms with Crippen molar-refractivity contribution in [3.63, 3.8) is 0 Å². The number of quaternary nitrogens is 1. The minimum absolute atomic E-state index is 0.00651. The largest absolute Gasteiger partial charge is 0.349 e. The van der Waals surface area contributed by atoms with Crippen molar-refractivity contribution in [1.82, 2.24) is 10.6 Å². The molecular weight excluding hydrogens is 302 g/mol. The first-order valence-electron chi connectivity index (χ1n) is 8.75. The van der Waals surface area contributed by atoms with Gasteiger partial charge in [0, 0.05) is 30.0 Å². The van der Waals surface area contributed by atoms with Gasteiger partial charge in [-0.2, -0.15) is 0 Å². The Morgan fingerprint density at radius 1 is 1.17 bits per heavy atom. The molecule has 24 heavy (non-hydrogen) atoms. The third-order valence-electron chi connectivity index (χ3n) is 4.34. The summed E-state index contributed by atoms with van der Waals surface area (Å²) in [6, 6.07) is 7.85. The first-order chi connectivity index (χ1) is 11.2. The molecule has 0 aromatic heterocycles. The maximum atomic E-state index is 12.4. The fourth-order valence-corrected chi connectivity index (χ4v) is 3.13. The Morgan fingerprint density at radius 2 is 1.79 bits per heavy atom. The monoisotopic (exact) mass is 332 g/mol. The molecule has 0 aliphatic carbocycles. The lowest BCUT2D eigenvalue weighted by Crippen LogP contribution is -3.14. The standard InChI is InChI=1S/C19H29N3O2/c1-14-7-5-6-8-16(14)18(24)20-15-9-11-22(12-10-15)13-17(23)21-19(2,3)4/h5-8,15H,9-13H2,1-4H3,(H,20,24)(H,21,23)/p+1. The molecule has 5 nitrogen and oxygen atoms in total. The van der Waals surface area contributed by atoms with Crippen LogP contribution in [0.4, 0.5) is 0 Å². The SMILES string of the molecule is Cc1ccccc1C(=O)NC1CC[NH+](CC(=O)NC(C)(C)C)CC1. The maximum Gasteiger partial charge on any atom is 0.275 e. The second-order valence-corrected chi connectivity index (χ2v) is 7.79. The smallest absolute Gasteiger partial charge is 0.275 e. The van der Waals surface area contributed by atoms with Crippen LogP contribution in [0.5, 0.6) is 0 Å². The summed E-state index contributed by atoms with van der Waals surface area (Å²) in [7, 11) is 0. The molecule has 1 fully saturated rings. The second kappa shape index (κ2) is 7.79. The van der Waals surface area contributed by atoms with E-state index in [2.05, 4.69) is 10.6 Å². The molecule has 1 aliphatic heterocycles. The van der Waals surface area contributed by atoms with E-state index in [9.17, 15) is 9.59 Å². The fraction of sp³-hybridized carbons (Fsp3) is 0.579. The number of carbonyl (C=O) groups excluding carboxylic acids is 2. The summed E-state index contributed by atoms with van der Waals surface area (Å²) < 4.78 is 0. The first-order valence-corrected chi connectivity index (χ1v) is 8.75. The highest BCUT2D eigenvalue weighted by atomic mass is 16.2. The van der Waals surface area contributed by atoms with Gasteiger partial charge >= 0.3 is 0 Å². The number of likely N-dealkylation sites (tertiary alicyclic amines) is 1. The molecule has 1 aromatic carbocycles. The van der Waals surface area contributed by atoms with Gasteiger partial charge in [-0.25, -0.2) is 0 Å². The van der Waals surface area contributed by atoms with Gasteiger partial charge in [-0.3, -0.25) is 9.59 Å². The van der Waals surface area contributed by atoms with Gasteiger partial charge in [0.2, 0.25) is 0 Å². The second-order valence-electron chi connectivity index (χ2n) is 7.79. The van der Waals surface area contributed by atoms with Gasteiger partial charge < -0.3 is 15.5 Å². The van der Waals surface area contributed by atoms with Crippen molar-refractivity contribution in [2.45, 2.75) is 52.1 Å². The van der Waals surface area contributed by atoms with Crippen LogP contribution in [-0.2, 0) is 4.79 Å². The molecule has 0 saturated carbocycles. The molecule has 2 rings (SSSR count). The summed E-state index contributed by atoms with van der Waals surface area (Å²) in [5.41, 5.74) is 1.56. The molecule has 0 radical (unpaired) electrons. The molecule has 1 heterocycles. The molecule has 1 saturated heterocycles. The summed E-state index contributed by atoms with van der Waals surface area (Å²) in [6.07, 6.45) is 1.82. The third kappa shape index (κ3) is 5.64. The Kier molecular flexibility index (Phi) is 5.99. The minimum atomic E-state index is -0.184. The predicted molar refractivity (Wildman–Crippen MR) is 95.1 cm³/mol. The Bertz CT molecular complexity index is 585. The number of hydrogen-bond donors (Lipinski definition) is 3. The van der Waals surface area contributed by atoms with Crippen LogP contribution in [0.3, 0.4) is 0 Å². The van der Waals surface area contributed by atoms with Crippen LogP contribution in [0.15, 0.2) is 24.3 Å². The number of rotatable bonds is 4. The maximum absolute atomic E-state index is 12.4. The Morgan fingerprint density at radius 3 is 2.38 bits per heavy atom. The van der Waals surface area contributed by atoms with Crippen LogP contribution in [0, 0.1) is 6.92 Å². The van der Waals surface area contributed by atoms with E-state index < -0.39 is 0 Å². The molecular formula is C19H30N3O2+. The topological polar surface area (TPSA) is 62.6 Å². The summed E-state index contributed by atoms with van der Waals surface area (Å²) in [6.45, 7) is 10.3. The normalized spacial score (nSPS) is 21.2. The zero-order chi connectivity index (χ0) is 17.7. The van der Waals surface area contributed by atoms with Crippen LogP contribution in [0.25, 0.3) is 0 Å². The number of piperidine rings is 1. The molecule has 3 N–H and O–H groups in total. The van der Waals surface area contributed by atoms with Crippen molar-refractivity contribution in [3.05, 3.63) is 35.4 Å². The van der Waals surface area contributed by atoms with E-state index in [4.69, 9.17) is 0 Å². The Balaban J connectivity index is 1.78. The Labute approximate surface area is 144 Å². The van der Waals surface area contributed by atoms with Crippen LogP contribution >= 0.6 is 0 Å². The summed E-state index contributed by atoms with van der Waals surface area (Å²) >= 11 is 0. The molecule has 5 heteroatoms. The van der Waals surface area contributed by atoms with Crippen molar-refractivity contribution in [3.8, 4) is 0 Å². The van der Waals surface area contributed by atoms with E-state index in [1.54, 1.807) is 0 Å². The zero-order valence-corrected chi connectivity index (χ0v) is 15.2. The van der Waals surface area contributed by atoms with E-state index >= 15 is 0 Å². The average molecular weight is 332 g/mol. The zero-order valence-electron chi connectivity index (χ0n) is 15.2. The summed E-state index contributed by atoms with van der Waals surface area (Å²) in [5, 5.41) is 6.14. The van der Waals surface area contributed by atoms with Gasteiger partial charge in [-0.15, -0.1) is 0 Å². The highest BCUT2D eigenvalue weighted by Gasteiger charge is 2.26. The highest BCUT2D eigenvalue weighted by Crippen LogP contribution is 2.08. The Hall–Kier alpha value is -1.88. The average Bonchev–Trinajstić information content (AvgIpc) is 2.47. The van der Waals surface area contributed by atoms with Gasteiger partial charge in [0.25, 0.3) is 11.8 Å². The molecule has 0 bridgehead atoms. The van der Waals surface area contributed by atoms with E-state index in [0.29, 0.717) is 6.54 Å². The van der Waals surface area contributed by atoms with E-state index in [1.165, 1.54) is 4.90 Å². The lowest BCUT2D eigenvalue weighted by molar-refractivity contribution is -0.897. The molecule has 0 atom stereocenters. The predicted octanol–water partition coefficient (Wildman–Crippen LogP) is 0.687. The number of benzene rings is 1. The molecule has 1 aromatic rings. The molecule has 0 unspecified atom stereocenters. The van der Waals surface area contributed by atoms with E-state index in [0.717, 1.165) is 37.1 Å². The fourth-order valence-electron chi connectivity index (χ4n) is 3.13. The molecule has 132 valence electrons. The van der Waals surface area contributed by atoms with Gasteiger partial charge in [-0.1, -0.05) is 18.2 Å². The highest BCUT2D eigenvalue weighted by molar-refractivity contribution is 5.95. The molecule has 1 aliphatic rings. The first kappa shape index (κ1) is 18.5. The van der Waals surface area contributed by atoms with E-state index in [-0.39, 0.29) is 23.4 Å². The van der Waals surface area contributed by atoms with Crippen molar-refractivity contribution >= 4 is 11.8 Å². The van der Waals surface area contributed by atoms with Crippen molar-refractivity contribution < 1.29 is 14.5 Å². The lowest BCUT2D eigenvalue weighted by atomic mass is 10.0. The molecule has 2 amide bonds. The minimum Gasteiger partial charge on any atom is -0.349 e. The third-order valence-corrected chi connectivity index (χ3v) is 4.34. The number of nitrogens with one attached hydrogen (secondary N) is 3. The van der Waals surface area contributed by atoms with Crippen LogP contribution in [-0.4, -0.2) is 43.0 Å². The van der Waals surface area contributed by atoms with Crippen molar-refractivity contribution in [2.24, 2.45) is 0 Å². The van der Waals surface area contributed by atoms with Crippen LogP contribution in [0.1, 0.15) is 49.5 Å². The number of carbonyl (C=O) groups is 2. The van der Waals surface area contributed by atoms with Crippen LogP contribution < -0.4 is 15.5 Å². The van der Waals surface area contributed by atoms with E-state index in [1.807, 2.05) is 52.0 Å². The number of amides is 2. The number of aryl methyl sites for hydroxylation is 1. The van der Waals surface area contributed by atoms with Gasteiger partial charge in [0.15, 0.2) is 6.54 Å². The van der Waals surface area contributed by atoms with Gasteiger partial charge in [-0.05, 0) is 39.3 Å². The van der Waals surface area contributed by atoms with Crippen molar-refractivity contribution in [1.29, 1.82) is 0 Å².